The molecule has 1 aromatic heterocycles. The third kappa shape index (κ3) is 4.48. The van der Waals surface area contributed by atoms with Gasteiger partial charge in [0.15, 0.2) is 6.61 Å². The molecule has 0 radical (unpaired) electrons. The Bertz CT molecular complexity index is 971. The van der Waals surface area contributed by atoms with Crippen LogP contribution in [0.25, 0.3) is 5.69 Å². The lowest BCUT2D eigenvalue weighted by molar-refractivity contribution is -0.119. The highest BCUT2D eigenvalue weighted by Gasteiger charge is 2.14. The first-order valence-corrected chi connectivity index (χ1v) is 8.73. The number of hydrogen-bond acceptors (Lipinski definition) is 4. The molecule has 0 bridgehead atoms. The predicted octanol–water partition coefficient (Wildman–Crippen LogP) is 4.28. The minimum Gasteiger partial charge on any atom is -0.452 e. The van der Waals surface area contributed by atoms with Crippen molar-refractivity contribution in [1.29, 1.82) is 0 Å². The molecule has 6 nitrogen and oxygen atoms in total. The smallest absolute Gasteiger partial charge is 0.338 e. The molecule has 0 aliphatic carbocycles. The highest BCUT2D eigenvalue weighted by molar-refractivity contribution is 6.40. The summed E-state index contributed by atoms with van der Waals surface area (Å²) in [6.07, 6.45) is 3.45. The Balaban J connectivity index is 1.59. The van der Waals surface area contributed by atoms with Gasteiger partial charge in [0.05, 0.1) is 27.0 Å². The van der Waals surface area contributed by atoms with Crippen LogP contribution < -0.4 is 5.32 Å². The second kappa shape index (κ2) is 8.24. The van der Waals surface area contributed by atoms with E-state index in [1.54, 1.807) is 66.5 Å². The van der Waals surface area contributed by atoms with Gasteiger partial charge in [-0.15, -0.1) is 0 Å². The zero-order valence-corrected chi connectivity index (χ0v) is 15.8. The van der Waals surface area contributed by atoms with Crippen molar-refractivity contribution in [3.63, 3.8) is 0 Å². The van der Waals surface area contributed by atoms with Crippen molar-refractivity contribution >= 4 is 40.8 Å². The normalized spacial score (nSPS) is 10.5. The van der Waals surface area contributed by atoms with E-state index in [1.807, 2.05) is 0 Å². The predicted molar refractivity (Wildman–Crippen MR) is 104 cm³/mol. The van der Waals surface area contributed by atoms with E-state index in [0.29, 0.717) is 21.3 Å². The summed E-state index contributed by atoms with van der Waals surface area (Å²) in [5, 5.41) is 7.32. The Morgan fingerprint density at radius 3 is 2.56 bits per heavy atom. The number of halogens is 2. The highest BCUT2D eigenvalue weighted by Crippen LogP contribution is 2.32. The van der Waals surface area contributed by atoms with Crippen molar-refractivity contribution in [3.8, 4) is 5.69 Å². The second-order valence-electron chi connectivity index (χ2n) is 5.68. The zero-order chi connectivity index (χ0) is 19.4. The summed E-state index contributed by atoms with van der Waals surface area (Å²) in [7, 11) is 0. The molecule has 27 heavy (non-hydrogen) atoms. The highest BCUT2D eigenvalue weighted by atomic mass is 35.5. The quantitative estimate of drug-likeness (QED) is 0.645. The van der Waals surface area contributed by atoms with Crippen LogP contribution in [0.2, 0.25) is 10.0 Å². The first kappa shape index (κ1) is 18.9. The van der Waals surface area contributed by atoms with Crippen LogP contribution in [0.1, 0.15) is 15.9 Å². The Labute approximate surface area is 165 Å². The van der Waals surface area contributed by atoms with Crippen LogP contribution in [0, 0.1) is 6.92 Å². The van der Waals surface area contributed by atoms with Gasteiger partial charge in [-0.05, 0) is 48.9 Å². The van der Waals surface area contributed by atoms with E-state index >= 15 is 0 Å². The van der Waals surface area contributed by atoms with Crippen molar-refractivity contribution in [1.82, 2.24) is 9.78 Å². The maximum atomic E-state index is 12.1. The van der Waals surface area contributed by atoms with Gasteiger partial charge >= 0.3 is 5.97 Å². The van der Waals surface area contributed by atoms with E-state index < -0.39 is 18.5 Å². The number of aromatic nitrogens is 2. The van der Waals surface area contributed by atoms with Crippen LogP contribution in [-0.4, -0.2) is 28.3 Å². The zero-order valence-electron chi connectivity index (χ0n) is 14.3. The summed E-state index contributed by atoms with van der Waals surface area (Å²) in [6, 6.07) is 11.8. The van der Waals surface area contributed by atoms with Crippen LogP contribution in [-0.2, 0) is 9.53 Å². The van der Waals surface area contributed by atoms with Crippen LogP contribution >= 0.6 is 23.2 Å². The number of esters is 1. The SMILES string of the molecule is Cc1ccc(Cl)c(NC(=O)COC(=O)c2ccc(-n3cccn3)cc2)c1Cl. The van der Waals surface area contributed by atoms with E-state index in [4.69, 9.17) is 27.9 Å². The maximum absolute atomic E-state index is 12.1. The number of rotatable bonds is 5. The van der Waals surface area contributed by atoms with Gasteiger partial charge in [0.25, 0.3) is 5.91 Å². The first-order chi connectivity index (χ1) is 13.0. The van der Waals surface area contributed by atoms with Crippen LogP contribution in [0.15, 0.2) is 54.9 Å². The fraction of sp³-hybridized carbons (Fsp3) is 0.105. The number of nitrogens with zero attached hydrogens (tertiary/aromatic N) is 2. The van der Waals surface area contributed by atoms with Gasteiger partial charge < -0.3 is 10.1 Å². The number of anilines is 1. The van der Waals surface area contributed by atoms with Crippen molar-refractivity contribution in [2.45, 2.75) is 6.92 Å². The van der Waals surface area contributed by atoms with Gasteiger partial charge in [-0.25, -0.2) is 9.48 Å². The van der Waals surface area contributed by atoms with Crippen LogP contribution in [0.3, 0.4) is 0 Å². The Morgan fingerprint density at radius 1 is 1.15 bits per heavy atom. The first-order valence-electron chi connectivity index (χ1n) is 7.97. The van der Waals surface area contributed by atoms with Gasteiger partial charge in [-0.3, -0.25) is 4.79 Å². The molecule has 0 aliphatic rings. The van der Waals surface area contributed by atoms with Crippen molar-refractivity contribution < 1.29 is 14.3 Å². The standard InChI is InChI=1S/C19H15Cl2N3O3/c1-12-3-8-15(20)18(17(12)21)23-16(25)11-27-19(26)13-4-6-14(7-5-13)24-10-2-9-22-24/h2-10H,11H2,1H3,(H,23,25). The van der Waals surface area contributed by atoms with Gasteiger partial charge in [-0.2, -0.15) is 5.10 Å². The molecule has 0 saturated heterocycles. The molecule has 1 heterocycles. The van der Waals surface area contributed by atoms with Crippen molar-refractivity contribution in [2.75, 3.05) is 11.9 Å². The summed E-state index contributed by atoms with van der Waals surface area (Å²) >= 11 is 12.2. The van der Waals surface area contributed by atoms with Gasteiger partial charge in [0.1, 0.15) is 0 Å². The Morgan fingerprint density at radius 2 is 1.89 bits per heavy atom. The van der Waals surface area contributed by atoms with E-state index in [2.05, 4.69) is 10.4 Å². The topological polar surface area (TPSA) is 73.2 Å². The molecule has 0 unspecified atom stereocenters. The molecule has 138 valence electrons. The number of amides is 1. The third-order valence-electron chi connectivity index (χ3n) is 3.75. The molecular formula is C19H15Cl2N3O3. The number of benzene rings is 2. The number of nitrogens with one attached hydrogen (secondary N) is 1. The fourth-order valence-electron chi connectivity index (χ4n) is 2.33. The monoisotopic (exact) mass is 403 g/mol. The summed E-state index contributed by atoms with van der Waals surface area (Å²) in [6.45, 7) is 1.33. The lowest BCUT2D eigenvalue weighted by Crippen LogP contribution is -2.21. The number of carbonyl (C=O) groups is 2. The molecule has 1 N–H and O–H groups in total. The van der Waals surface area contributed by atoms with Gasteiger partial charge in [-0.1, -0.05) is 29.3 Å². The summed E-state index contributed by atoms with van der Waals surface area (Å²) in [5.41, 5.74) is 2.19. The van der Waals surface area contributed by atoms with Crippen molar-refractivity contribution in [2.24, 2.45) is 0 Å². The molecule has 2 aromatic carbocycles. The molecule has 0 saturated carbocycles. The van der Waals surface area contributed by atoms with E-state index in [0.717, 1.165) is 11.3 Å². The van der Waals surface area contributed by atoms with E-state index in [1.165, 1.54) is 0 Å². The molecule has 3 rings (SSSR count). The molecule has 0 fully saturated rings. The number of hydrogen-bond donors (Lipinski definition) is 1. The number of carbonyl (C=O) groups excluding carboxylic acids is 2. The third-order valence-corrected chi connectivity index (χ3v) is 4.56. The average molecular weight is 404 g/mol. The lowest BCUT2D eigenvalue weighted by Gasteiger charge is -2.11. The minimum absolute atomic E-state index is 0.294. The Kier molecular flexibility index (Phi) is 5.78. The van der Waals surface area contributed by atoms with Gasteiger partial charge in [0, 0.05) is 12.4 Å². The summed E-state index contributed by atoms with van der Waals surface area (Å²) in [5.74, 6) is -1.15. The fourth-order valence-corrected chi connectivity index (χ4v) is 2.80. The van der Waals surface area contributed by atoms with Crippen molar-refractivity contribution in [3.05, 3.63) is 76.0 Å². The van der Waals surface area contributed by atoms with E-state index in [9.17, 15) is 9.59 Å². The average Bonchev–Trinajstić information content (AvgIpc) is 3.21. The molecule has 0 atom stereocenters. The molecule has 1 amide bonds. The molecule has 8 heteroatoms. The second-order valence-corrected chi connectivity index (χ2v) is 6.46. The van der Waals surface area contributed by atoms with Crippen LogP contribution in [0.5, 0.6) is 0 Å². The number of ether oxygens (including phenoxy) is 1. The molecule has 0 aliphatic heterocycles. The van der Waals surface area contributed by atoms with E-state index in [-0.39, 0.29) is 0 Å². The minimum atomic E-state index is -0.612. The van der Waals surface area contributed by atoms with Gasteiger partial charge in [0.2, 0.25) is 0 Å². The Hall–Kier alpha value is -2.83. The summed E-state index contributed by atoms with van der Waals surface area (Å²) in [4.78, 5) is 24.2. The molecular weight excluding hydrogens is 389 g/mol. The number of aryl methyl sites for hydroxylation is 1. The van der Waals surface area contributed by atoms with Crippen LogP contribution in [0.4, 0.5) is 5.69 Å². The molecule has 3 aromatic rings. The summed E-state index contributed by atoms with van der Waals surface area (Å²) < 4.78 is 6.71. The molecule has 0 spiro atoms. The largest absolute Gasteiger partial charge is 0.452 e. The lowest BCUT2D eigenvalue weighted by atomic mass is 10.2. The maximum Gasteiger partial charge on any atom is 0.338 e.